The predicted molar refractivity (Wildman–Crippen MR) is 83.4 cm³/mol. The number of nitro groups is 1. The number of amides is 1. The van der Waals surface area contributed by atoms with Crippen LogP contribution in [-0.2, 0) is 4.79 Å². The van der Waals surface area contributed by atoms with E-state index in [2.05, 4.69) is 5.32 Å². The fourth-order valence-corrected chi connectivity index (χ4v) is 3.22. The van der Waals surface area contributed by atoms with Gasteiger partial charge in [-0.15, -0.1) is 11.8 Å². The van der Waals surface area contributed by atoms with Gasteiger partial charge in [-0.2, -0.15) is 0 Å². The molecule has 0 radical (unpaired) electrons. The van der Waals surface area contributed by atoms with Crippen molar-refractivity contribution in [3.05, 3.63) is 58.1 Å². The summed E-state index contributed by atoms with van der Waals surface area (Å²) in [7, 11) is 0. The Hall–Kier alpha value is -2.34. The standard InChI is InChI=1S/C15H12N2O3S/c1-21-14-12-8-10(17(19)20)7-11(13(12)16-15(14)18)9-5-3-2-4-6-9/h2-8,14H,1H3,(H,16,18). The van der Waals surface area contributed by atoms with Gasteiger partial charge >= 0.3 is 0 Å². The van der Waals surface area contributed by atoms with Crippen molar-refractivity contribution in [2.24, 2.45) is 0 Å². The molecule has 0 spiro atoms. The van der Waals surface area contributed by atoms with Crippen LogP contribution in [0.2, 0.25) is 0 Å². The van der Waals surface area contributed by atoms with Crippen molar-refractivity contribution in [1.82, 2.24) is 0 Å². The summed E-state index contributed by atoms with van der Waals surface area (Å²) in [6.45, 7) is 0. The Morgan fingerprint density at radius 3 is 2.57 bits per heavy atom. The fraction of sp³-hybridized carbons (Fsp3) is 0.133. The van der Waals surface area contributed by atoms with E-state index in [0.29, 0.717) is 16.8 Å². The molecule has 1 heterocycles. The van der Waals surface area contributed by atoms with E-state index in [9.17, 15) is 14.9 Å². The average Bonchev–Trinajstić information content (AvgIpc) is 2.82. The molecule has 0 aliphatic carbocycles. The van der Waals surface area contributed by atoms with Crippen molar-refractivity contribution < 1.29 is 9.72 Å². The first-order chi connectivity index (χ1) is 10.1. The first-order valence-electron chi connectivity index (χ1n) is 6.33. The molecule has 1 atom stereocenters. The number of hydrogen-bond acceptors (Lipinski definition) is 4. The Kier molecular flexibility index (Phi) is 3.39. The zero-order valence-corrected chi connectivity index (χ0v) is 12.0. The molecule has 0 fully saturated rings. The van der Waals surface area contributed by atoms with Crippen LogP contribution in [-0.4, -0.2) is 17.1 Å². The van der Waals surface area contributed by atoms with Crippen LogP contribution in [0.3, 0.4) is 0 Å². The third-order valence-electron chi connectivity index (χ3n) is 3.45. The van der Waals surface area contributed by atoms with Gasteiger partial charge in [-0.25, -0.2) is 0 Å². The molecule has 6 heteroatoms. The molecule has 1 unspecified atom stereocenters. The largest absolute Gasteiger partial charge is 0.324 e. The maximum Gasteiger partial charge on any atom is 0.270 e. The van der Waals surface area contributed by atoms with Crippen molar-refractivity contribution in [1.29, 1.82) is 0 Å². The minimum atomic E-state index is -0.424. The predicted octanol–water partition coefficient (Wildman–Crippen LogP) is 3.62. The highest BCUT2D eigenvalue weighted by atomic mass is 32.2. The summed E-state index contributed by atoms with van der Waals surface area (Å²) in [5.41, 5.74) is 2.89. The maximum absolute atomic E-state index is 12.0. The minimum Gasteiger partial charge on any atom is -0.324 e. The number of carbonyl (C=O) groups is 1. The van der Waals surface area contributed by atoms with Crippen LogP contribution in [0.4, 0.5) is 11.4 Å². The summed E-state index contributed by atoms with van der Waals surface area (Å²) in [6, 6.07) is 12.4. The summed E-state index contributed by atoms with van der Waals surface area (Å²) in [5, 5.41) is 13.6. The number of hydrogen-bond donors (Lipinski definition) is 1. The molecule has 1 N–H and O–H groups in total. The summed E-state index contributed by atoms with van der Waals surface area (Å²) < 4.78 is 0. The normalized spacial score (nSPS) is 16.4. The Morgan fingerprint density at radius 2 is 1.95 bits per heavy atom. The lowest BCUT2D eigenvalue weighted by atomic mass is 9.99. The van der Waals surface area contributed by atoms with Crippen molar-refractivity contribution in [2.75, 3.05) is 11.6 Å². The highest BCUT2D eigenvalue weighted by molar-refractivity contribution is 7.99. The van der Waals surface area contributed by atoms with Gasteiger partial charge in [0, 0.05) is 23.3 Å². The number of thioether (sulfide) groups is 1. The summed E-state index contributed by atoms with van der Waals surface area (Å²) in [4.78, 5) is 22.8. The SMILES string of the molecule is CSC1C(=O)Nc2c(-c3ccccc3)cc([N+](=O)[O-])cc21. The molecule has 21 heavy (non-hydrogen) atoms. The smallest absolute Gasteiger partial charge is 0.270 e. The Bertz CT molecular complexity index is 731. The van der Waals surface area contributed by atoms with Crippen molar-refractivity contribution >= 4 is 29.0 Å². The summed E-state index contributed by atoms with van der Waals surface area (Å²) in [6.07, 6.45) is 1.82. The number of rotatable bonds is 3. The zero-order valence-electron chi connectivity index (χ0n) is 11.2. The van der Waals surface area contributed by atoms with E-state index in [1.165, 1.54) is 23.9 Å². The topological polar surface area (TPSA) is 72.2 Å². The maximum atomic E-state index is 12.0. The molecule has 3 rings (SSSR count). The van der Waals surface area contributed by atoms with Crippen molar-refractivity contribution in [3.8, 4) is 11.1 Å². The summed E-state index contributed by atoms with van der Waals surface area (Å²) in [5.74, 6) is -0.129. The molecule has 0 bridgehead atoms. The van der Waals surface area contributed by atoms with Gasteiger partial charge in [0.05, 0.1) is 10.6 Å². The number of carbonyl (C=O) groups excluding carboxylic acids is 1. The lowest BCUT2D eigenvalue weighted by Crippen LogP contribution is -2.08. The Labute approximate surface area is 125 Å². The quantitative estimate of drug-likeness (QED) is 0.694. The lowest BCUT2D eigenvalue weighted by molar-refractivity contribution is -0.384. The van der Waals surface area contributed by atoms with Crippen LogP contribution in [0.25, 0.3) is 11.1 Å². The van der Waals surface area contributed by atoms with Gasteiger partial charge in [-0.05, 0) is 11.8 Å². The summed E-state index contributed by atoms with van der Waals surface area (Å²) >= 11 is 1.37. The van der Waals surface area contributed by atoms with Crippen LogP contribution < -0.4 is 5.32 Å². The third kappa shape index (κ3) is 2.27. The molecule has 2 aromatic rings. The van der Waals surface area contributed by atoms with Crippen molar-refractivity contribution in [2.45, 2.75) is 5.25 Å². The van der Waals surface area contributed by atoms with Crippen LogP contribution in [0.5, 0.6) is 0 Å². The zero-order chi connectivity index (χ0) is 15.0. The molecule has 1 amide bonds. The molecule has 0 aromatic heterocycles. The van der Waals surface area contributed by atoms with Gasteiger partial charge in [0.25, 0.3) is 5.69 Å². The second kappa shape index (κ2) is 5.21. The monoisotopic (exact) mass is 300 g/mol. The van der Waals surface area contributed by atoms with Crippen LogP contribution in [0.1, 0.15) is 10.8 Å². The fourth-order valence-electron chi connectivity index (χ4n) is 2.51. The number of benzene rings is 2. The highest BCUT2D eigenvalue weighted by Gasteiger charge is 2.34. The average molecular weight is 300 g/mol. The Balaban J connectivity index is 2.26. The lowest BCUT2D eigenvalue weighted by Gasteiger charge is -2.09. The van der Waals surface area contributed by atoms with Crippen LogP contribution in [0, 0.1) is 10.1 Å². The molecule has 106 valence electrons. The van der Waals surface area contributed by atoms with Gasteiger partial charge in [0.1, 0.15) is 5.25 Å². The number of fused-ring (bicyclic) bond motifs is 1. The van der Waals surface area contributed by atoms with E-state index in [4.69, 9.17) is 0 Å². The second-order valence-corrected chi connectivity index (χ2v) is 5.63. The first-order valence-corrected chi connectivity index (χ1v) is 7.62. The minimum absolute atomic E-state index is 0.00292. The molecule has 2 aromatic carbocycles. The van der Waals surface area contributed by atoms with Crippen LogP contribution in [0.15, 0.2) is 42.5 Å². The highest BCUT2D eigenvalue weighted by Crippen LogP contribution is 2.46. The molecule has 1 aliphatic rings. The van der Waals surface area contributed by atoms with Gasteiger partial charge in [0.15, 0.2) is 0 Å². The number of non-ortho nitro benzene ring substituents is 1. The third-order valence-corrected chi connectivity index (χ3v) is 4.39. The van der Waals surface area contributed by atoms with Gasteiger partial charge in [-0.3, -0.25) is 14.9 Å². The molecule has 0 saturated heterocycles. The van der Waals surface area contributed by atoms with Crippen molar-refractivity contribution in [3.63, 3.8) is 0 Å². The first kappa shape index (κ1) is 13.6. The van der Waals surface area contributed by atoms with E-state index >= 15 is 0 Å². The number of nitro benzene ring substituents is 1. The molecule has 5 nitrogen and oxygen atoms in total. The molecule has 1 aliphatic heterocycles. The van der Waals surface area contributed by atoms with E-state index in [1.807, 2.05) is 36.6 Å². The number of anilines is 1. The Morgan fingerprint density at radius 1 is 1.24 bits per heavy atom. The van der Waals surface area contributed by atoms with Gasteiger partial charge < -0.3 is 5.32 Å². The second-order valence-electron chi connectivity index (χ2n) is 4.69. The number of nitrogens with zero attached hydrogens (tertiary/aromatic N) is 1. The van der Waals surface area contributed by atoms with E-state index in [-0.39, 0.29) is 11.6 Å². The van der Waals surface area contributed by atoms with E-state index in [1.54, 1.807) is 0 Å². The molecular formula is C15H12N2O3S. The molecular weight excluding hydrogens is 288 g/mol. The number of nitrogens with one attached hydrogen (secondary N) is 1. The van der Waals surface area contributed by atoms with Gasteiger partial charge in [0.2, 0.25) is 5.91 Å². The van der Waals surface area contributed by atoms with Crippen LogP contribution >= 0.6 is 11.8 Å². The molecule has 0 saturated carbocycles. The van der Waals surface area contributed by atoms with E-state index < -0.39 is 10.2 Å². The van der Waals surface area contributed by atoms with E-state index in [0.717, 1.165) is 5.56 Å². The van der Waals surface area contributed by atoms with Gasteiger partial charge in [-0.1, -0.05) is 30.3 Å².